The SMILES string of the molecule is Cc1ccc(NC(=O)Nc2nnc(SCCN3CCCCC3)s2)cc1. The first-order valence-electron chi connectivity index (χ1n) is 8.52. The van der Waals surface area contributed by atoms with Crippen LogP contribution in [0.2, 0.25) is 0 Å². The predicted molar refractivity (Wildman–Crippen MR) is 105 cm³/mol. The highest BCUT2D eigenvalue weighted by atomic mass is 32.2. The topological polar surface area (TPSA) is 70.1 Å². The van der Waals surface area contributed by atoms with E-state index in [-0.39, 0.29) is 6.03 Å². The van der Waals surface area contributed by atoms with Gasteiger partial charge in [0.15, 0.2) is 4.34 Å². The highest BCUT2D eigenvalue weighted by Gasteiger charge is 2.12. The first-order chi connectivity index (χ1) is 12.2. The summed E-state index contributed by atoms with van der Waals surface area (Å²) in [7, 11) is 0. The highest BCUT2D eigenvalue weighted by molar-refractivity contribution is 8.01. The molecule has 1 aliphatic heterocycles. The van der Waals surface area contributed by atoms with Gasteiger partial charge in [0.1, 0.15) is 0 Å². The number of aromatic nitrogens is 2. The number of aryl methyl sites for hydroxylation is 1. The Morgan fingerprint density at radius 3 is 2.68 bits per heavy atom. The van der Waals surface area contributed by atoms with Crippen molar-refractivity contribution >= 4 is 39.9 Å². The summed E-state index contributed by atoms with van der Waals surface area (Å²) in [5.74, 6) is 1.00. The number of piperidine rings is 1. The van der Waals surface area contributed by atoms with Crippen molar-refractivity contribution in [2.24, 2.45) is 0 Å². The molecule has 0 aliphatic carbocycles. The molecule has 134 valence electrons. The molecule has 2 heterocycles. The van der Waals surface area contributed by atoms with E-state index in [0.717, 1.165) is 27.9 Å². The number of hydrogen-bond donors (Lipinski definition) is 2. The van der Waals surface area contributed by atoms with E-state index in [1.165, 1.54) is 43.7 Å². The summed E-state index contributed by atoms with van der Waals surface area (Å²) in [5, 5.41) is 14.2. The molecule has 3 rings (SSSR count). The van der Waals surface area contributed by atoms with Gasteiger partial charge >= 0.3 is 6.03 Å². The van der Waals surface area contributed by atoms with Crippen LogP contribution in [0.3, 0.4) is 0 Å². The maximum absolute atomic E-state index is 12.0. The lowest BCUT2D eigenvalue weighted by molar-refractivity contribution is 0.242. The van der Waals surface area contributed by atoms with E-state index < -0.39 is 0 Å². The van der Waals surface area contributed by atoms with Crippen LogP contribution in [-0.4, -0.2) is 46.5 Å². The molecular weight excluding hydrogens is 354 g/mol. The van der Waals surface area contributed by atoms with Gasteiger partial charge in [0.2, 0.25) is 5.13 Å². The van der Waals surface area contributed by atoms with Crippen LogP contribution < -0.4 is 10.6 Å². The van der Waals surface area contributed by atoms with Crippen molar-refractivity contribution in [2.75, 3.05) is 36.0 Å². The molecule has 1 saturated heterocycles. The van der Waals surface area contributed by atoms with Crippen molar-refractivity contribution in [1.29, 1.82) is 0 Å². The average Bonchev–Trinajstić information content (AvgIpc) is 3.05. The minimum atomic E-state index is -0.301. The number of hydrogen-bond acceptors (Lipinski definition) is 6. The summed E-state index contributed by atoms with van der Waals surface area (Å²) in [4.78, 5) is 14.5. The third-order valence-corrected chi connectivity index (χ3v) is 5.97. The number of benzene rings is 1. The van der Waals surface area contributed by atoms with E-state index in [1.54, 1.807) is 11.8 Å². The quantitative estimate of drug-likeness (QED) is 0.587. The summed E-state index contributed by atoms with van der Waals surface area (Å²) in [6.45, 7) is 5.52. The first kappa shape index (κ1) is 18.2. The van der Waals surface area contributed by atoms with Crippen LogP contribution in [0.15, 0.2) is 28.6 Å². The molecule has 0 radical (unpaired) electrons. The summed E-state index contributed by atoms with van der Waals surface area (Å²) in [6.07, 6.45) is 3.99. The van der Waals surface area contributed by atoms with Crippen molar-refractivity contribution in [3.8, 4) is 0 Å². The highest BCUT2D eigenvalue weighted by Crippen LogP contribution is 2.25. The number of carbonyl (C=O) groups is 1. The van der Waals surface area contributed by atoms with E-state index in [2.05, 4.69) is 25.7 Å². The van der Waals surface area contributed by atoms with Crippen molar-refractivity contribution in [3.05, 3.63) is 29.8 Å². The standard InChI is InChI=1S/C17H23N5OS2/c1-13-5-7-14(8-6-13)18-15(23)19-16-20-21-17(25-16)24-12-11-22-9-3-2-4-10-22/h5-8H,2-4,9-12H2,1H3,(H2,18,19,20,23). The monoisotopic (exact) mass is 377 g/mol. The predicted octanol–water partition coefficient (Wildman–Crippen LogP) is 4.07. The van der Waals surface area contributed by atoms with Gasteiger partial charge in [-0.3, -0.25) is 5.32 Å². The van der Waals surface area contributed by atoms with Gasteiger partial charge < -0.3 is 10.2 Å². The zero-order chi connectivity index (χ0) is 17.5. The fourth-order valence-corrected chi connectivity index (χ4v) is 4.48. The fraction of sp³-hybridized carbons (Fsp3) is 0.471. The fourth-order valence-electron chi connectivity index (χ4n) is 2.66. The van der Waals surface area contributed by atoms with Crippen molar-refractivity contribution in [3.63, 3.8) is 0 Å². The number of amides is 2. The molecule has 0 saturated carbocycles. The van der Waals surface area contributed by atoms with Crippen LogP contribution in [0.4, 0.5) is 15.6 Å². The number of likely N-dealkylation sites (tertiary alicyclic amines) is 1. The molecule has 1 aliphatic rings. The van der Waals surface area contributed by atoms with Gasteiger partial charge in [0, 0.05) is 18.0 Å². The molecule has 0 unspecified atom stereocenters. The molecule has 0 spiro atoms. The summed E-state index contributed by atoms with van der Waals surface area (Å²) >= 11 is 3.11. The van der Waals surface area contributed by atoms with Crippen molar-refractivity contribution in [1.82, 2.24) is 15.1 Å². The van der Waals surface area contributed by atoms with E-state index in [1.807, 2.05) is 31.2 Å². The zero-order valence-corrected chi connectivity index (χ0v) is 16.0. The van der Waals surface area contributed by atoms with Crippen LogP contribution >= 0.6 is 23.1 Å². The first-order valence-corrected chi connectivity index (χ1v) is 10.3. The Morgan fingerprint density at radius 2 is 1.92 bits per heavy atom. The second-order valence-electron chi connectivity index (χ2n) is 6.07. The van der Waals surface area contributed by atoms with Gasteiger partial charge in [-0.25, -0.2) is 4.79 Å². The Morgan fingerprint density at radius 1 is 1.16 bits per heavy atom. The lowest BCUT2D eigenvalue weighted by Crippen LogP contribution is -2.31. The minimum Gasteiger partial charge on any atom is -0.308 e. The van der Waals surface area contributed by atoms with Crippen LogP contribution in [0.1, 0.15) is 24.8 Å². The molecule has 1 aromatic carbocycles. The largest absolute Gasteiger partial charge is 0.325 e. The van der Waals surface area contributed by atoms with Crippen molar-refractivity contribution in [2.45, 2.75) is 30.5 Å². The smallest absolute Gasteiger partial charge is 0.308 e. The Balaban J connectivity index is 1.41. The third kappa shape index (κ3) is 5.98. The summed E-state index contributed by atoms with van der Waals surface area (Å²) < 4.78 is 0.891. The number of nitrogens with zero attached hydrogens (tertiary/aromatic N) is 3. The lowest BCUT2D eigenvalue weighted by Gasteiger charge is -2.25. The van der Waals surface area contributed by atoms with E-state index in [0.29, 0.717) is 5.13 Å². The van der Waals surface area contributed by atoms with Crippen molar-refractivity contribution < 1.29 is 4.79 Å². The number of carbonyl (C=O) groups excluding carboxylic acids is 1. The van der Waals surface area contributed by atoms with Gasteiger partial charge in [-0.15, -0.1) is 10.2 Å². The van der Waals surface area contributed by atoms with Crippen LogP contribution in [0, 0.1) is 6.92 Å². The van der Waals surface area contributed by atoms with Gasteiger partial charge in [-0.1, -0.05) is 47.2 Å². The van der Waals surface area contributed by atoms with Crippen LogP contribution in [0.5, 0.6) is 0 Å². The second-order valence-corrected chi connectivity index (χ2v) is 8.39. The van der Waals surface area contributed by atoms with Crippen LogP contribution in [0.25, 0.3) is 0 Å². The number of nitrogens with one attached hydrogen (secondary N) is 2. The number of anilines is 2. The summed E-state index contributed by atoms with van der Waals surface area (Å²) in [5.41, 5.74) is 1.91. The number of urea groups is 1. The molecule has 8 heteroatoms. The molecule has 0 bridgehead atoms. The molecule has 2 amide bonds. The minimum absolute atomic E-state index is 0.301. The molecular formula is C17H23N5OS2. The molecule has 2 N–H and O–H groups in total. The summed E-state index contributed by atoms with van der Waals surface area (Å²) in [6, 6.07) is 7.35. The molecule has 6 nitrogen and oxygen atoms in total. The van der Waals surface area contributed by atoms with Gasteiger partial charge in [0.25, 0.3) is 0 Å². The average molecular weight is 378 g/mol. The molecule has 2 aromatic rings. The molecule has 1 aromatic heterocycles. The maximum Gasteiger partial charge on any atom is 0.325 e. The van der Waals surface area contributed by atoms with Gasteiger partial charge in [-0.2, -0.15) is 0 Å². The normalized spacial score (nSPS) is 15.1. The molecule has 1 fully saturated rings. The Bertz CT molecular complexity index is 683. The van der Waals surface area contributed by atoms with Gasteiger partial charge in [0.05, 0.1) is 0 Å². The zero-order valence-electron chi connectivity index (χ0n) is 14.3. The maximum atomic E-state index is 12.0. The van der Waals surface area contributed by atoms with Crippen LogP contribution in [-0.2, 0) is 0 Å². The molecule has 25 heavy (non-hydrogen) atoms. The Labute approximate surface area is 156 Å². The third-order valence-electron chi connectivity index (χ3n) is 4.02. The Kier molecular flexibility index (Phi) is 6.66. The molecule has 0 atom stereocenters. The lowest BCUT2D eigenvalue weighted by atomic mass is 10.1. The number of rotatable bonds is 6. The second kappa shape index (κ2) is 9.17. The number of thioether (sulfide) groups is 1. The van der Waals surface area contributed by atoms with E-state index >= 15 is 0 Å². The van der Waals surface area contributed by atoms with E-state index in [4.69, 9.17) is 0 Å². The van der Waals surface area contributed by atoms with E-state index in [9.17, 15) is 4.79 Å². The van der Waals surface area contributed by atoms with Gasteiger partial charge in [-0.05, 0) is 45.0 Å². The Hall–Kier alpha value is -1.64.